The van der Waals surface area contributed by atoms with Crippen LogP contribution in [0.15, 0.2) is 47.4 Å². The van der Waals surface area contributed by atoms with Crippen molar-refractivity contribution >= 4 is 23.4 Å². The molecule has 1 heterocycles. The summed E-state index contributed by atoms with van der Waals surface area (Å²) in [6, 6.07) is 14.7. The van der Waals surface area contributed by atoms with E-state index in [2.05, 4.69) is 42.7 Å². The Bertz CT molecular complexity index is 580. The van der Waals surface area contributed by atoms with Crippen molar-refractivity contribution in [2.75, 3.05) is 12.9 Å². The molecule has 1 nitrogen and oxygen atoms in total. The van der Waals surface area contributed by atoms with Crippen molar-refractivity contribution in [3.8, 4) is 5.75 Å². The molecule has 0 spiro atoms. The van der Waals surface area contributed by atoms with Crippen LogP contribution in [0.25, 0.3) is 0 Å². The zero-order valence-electron chi connectivity index (χ0n) is 10.7. The minimum Gasteiger partial charge on any atom is -0.493 e. The molecule has 98 valence electrons. The summed E-state index contributed by atoms with van der Waals surface area (Å²) in [5, 5.41) is -0.0955. The minimum atomic E-state index is -0.0955. The van der Waals surface area contributed by atoms with Gasteiger partial charge >= 0.3 is 0 Å². The summed E-state index contributed by atoms with van der Waals surface area (Å²) in [5.41, 5.74) is 3.55. The number of hydrogen-bond donors (Lipinski definition) is 0. The Balaban J connectivity index is 1.88. The maximum absolute atomic E-state index is 6.58. The molecule has 3 heteroatoms. The summed E-state index contributed by atoms with van der Waals surface area (Å²) in [7, 11) is 0. The molecular weight excluding hydrogens is 276 g/mol. The molecule has 0 fully saturated rings. The normalized spacial score (nSPS) is 14.8. The first-order valence-corrected chi connectivity index (χ1v) is 7.97. The molecule has 0 saturated heterocycles. The first-order valence-electron chi connectivity index (χ1n) is 6.31. The van der Waals surface area contributed by atoms with E-state index in [-0.39, 0.29) is 5.38 Å². The molecule has 1 aliphatic heterocycles. The number of fused-ring (bicyclic) bond motifs is 1. The number of benzene rings is 2. The Morgan fingerprint density at radius 3 is 2.58 bits per heavy atom. The Labute approximate surface area is 122 Å². The van der Waals surface area contributed by atoms with E-state index in [1.54, 1.807) is 11.8 Å². The van der Waals surface area contributed by atoms with Crippen LogP contribution in [-0.4, -0.2) is 12.9 Å². The smallest absolute Gasteiger partial charge is 0.122 e. The molecule has 2 aromatic carbocycles. The lowest BCUT2D eigenvalue weighted by Crippen LogP contribution is -1.94. The third-order valence-corrected chi connectivity index (χ3v) is 4.66. The molecule has 0 radical (unpaired) electrons. The second-order valence-electron chi connectivity index (χ2n) is 4.60. The molecule has 2 aromatic rings. The highest BCUT2D eigenvalue weighted by Crippen LogP contribution is 2.34. The quantitative estimate of drug-likeness (QED) is 0.600. The predicted molar refractivity (Wildman–Crippen MR) is 81.6 cm³/mol. The van der Waals surface area contributed by atoms with Crippen LogP contribution in [0.5, 0.6) is 5.75 Å². The molecule has 1 unspecified atom stereocenters. The average Bonchev–Trinajstić information content (AvgIpc) is 2.94. The van der Waals surface area contributed by atoms with Gasteiger partial charge in [-0.2, -0.15) is 0 Å². The molecule has 1 aliphatic rings. The highest BCUT2D eigenvalue weighted by atomic mass is 35.5. The summed E-state index contributed by atoms with van der Waals surface area (Å²) in [5.74, 6) is 1.00. The standard InChI is InChI=1S/C16H15ClOS/c1-19-14-5-2-11(3-6-14)16(17)13-4-7-15-12(10-13)8-9-18-15/h2-7,10,16H,8-9H2,1H3. The molecule has 0 aliphatic carbocycles. The van der Waals surface area contributed by atoms with E-state index < -0.39 is 0 Å². The number of halogens is 1. The van der Waals surface area contributed by atoms with Crippen LogP contribution < -0.4 is 4.74 Å². The SMILES string of the molecule is CSc1ccc(C(Cl)c2ccc3c(c2)CCO3)cc1. The number of thioether (sulfide) groups is 1. The number of alkyl halides is 1. The van der Waals surface area contributed by atoms with Crippen molar-refractivity contribution in [1.82, 2.24) is 0 Å². The van der Waals surface area contributed by atoms with Crippen molar-refractivity contribution in [2.24, 2.45) is 0 Å². The van der Waals surface area contributed by atoms with Gasteiger partial charge < -0.3 is 4.74 Å². The summed E-state index contributed by atoms with van der Waals surface area (Å²) in [6.45, 7) is 0.786. The Morgan fingerprint density at radius 2 is 1.84 bits per heavy atom. The number of rotatable bonds is 3. The van der Waals surface area contributed by atoms with Gasteiger partial charge in [0.25, 0.3) is 0 Å². The van der Waals surface area contributed by atoms with Gasteiger partial charge in [-0.05, 0) is 41.1 Å². The van der Waals surface area contributed by atoms with E-state index in [0.717, 1.165) is 29.9 Å². The molecule has 0 saturated carbocycles. The average molecular weight is 291 g/mol. The highest BCUT2D eigenvalue weighted by Gasteiger charge is 2.16. The zero-order valence-corrected chi connectivity index (χ0v) is 12.3. The van der Waals surface area contributed by atoms with E-state index in [0.29, 0.717) is 0 Å². The van der Waals surface area contributed by atoms with Crippen LogP contribution in [-0.2, 0) is 6.42 Å². The van der Waals surface area contributed by atoms with Crippen molar-refractivity contribution in [3.63, 3.8) is 0 Å². The van der Waals surface area contributed by atoms with E-state index in [4.69, 9.17) is 16.3 Å². The van der Waals surface area contributed by atoms with Crippen LogP contribution in [0.1, 0.15) is 22.1 Å². The second kappa shape index (κ2) is 5.48. The maximum Gasteiger partial charge on any atom is 0.122 e. The first kappa shape index (κ1) is 12.9. The van der Waals surface area contributed by atoms with Crippen molar-refractivity contribution < 1.29 is 4.74 Å². The minimum absolute atomic E-state index is 0.0955. The largest absolute Gasteiger partial charge is 0.493 e. The summed E-state index contributed by atoms with van der Waals surface area (Å²) in [6.07, 6.45) is 3.06. The Morgan fingerprint density at radius 1 is 1.11 bits per heavy atom. The number of ether oxygens (including phenoxy) is 1. The summed E-state index contributed by atoms with van der Waals surface area (Å²) >= 11 is 8.32. The van der Waals surface area contributed by atoms with Crippen molar-refractivity contribution in [1.29, 1.82) is 0 Å². The maximum atomic E-state index is 6.58. The van der Waals surface area contributed by atoms with E-state index in [9.17, 15) is 0 Å². The van der Waals surface area contributed by atoms with Crippen LogP contribution in [0.3, 0.4) is 0 Å². The first-order chi connectivity index (χ1) is 9.28. The van der Waals surface area contributed by atoms with Crippen LogP contribution in [0.2, 0.25) is 0 Å². The van der Waals surface area contributed by atoms with Crippen LogP contribution >= 0.6 is 23.4 Å². The lowest BCUT2D eigenvalue weighted by atomic mass is 10.0. The molecule has 0 amide bonds. The van der Waals surface area contributed by atoms with Gasteiger partial charge in [-0.3, -0.25) is 0 Å². The Kier molecular flexibility index (Phi) is 3.72. The zero-order chi connectivity index (χ0) is 13.2. The van der Waals surface area contributed by atoms with Crippen molar-refractivity contribution in [2.45, 2.75) is 16.7 Å². The fraction of sp³-hybridized carbons (Fsp3) is 0.250. The lowest BCUT2D eigenvalue weighted by Gasteiger charge is -2.12. The molecule has 0 N–H and O–H groups in total. The fourth-order valence-electron chi connectivity index (χ4n) is 2.33. The monoisotopic (exact) mass is 290 g/mol. The van der Waals surface area contributed by atoms with E-state index >= 15 is 0 Å². The van der Waals surface area contributed by atoms with Gasteiger partial charge in [0, 0.05) is 11.3 Å². The number of hydrogen-bond acceptors (Lipinski definition) is 2. The summed E-state index contributed by atoms with van der Waals surface area (Å²) in [4.78, 5) is 1.26. The second-order valence-corrected chi connectivity index (χ2v) is 5.92. The molecule has 3 rings (SSSR count). The van der Waals surface area contributed by atoms with E-state index in [1.807, 2.05) is 6.07 Å². The van der Waals surface area contributed by atoms with E-state index in [1.165, 1.54) is 10.5 Å². The lowest BCUT2D eigenvalue weighted by molar-refractivity contribution is 0.357. The van der Waals surface area contributed by atoms with Crippen LogP contribution in [0, 0.1) is 0 Å². The predicted octanol–water partition coefficient (Wildman–Crippen LogP) is 4.67. The van der Waals surface area contributed by atoms with Gasteiger partial charge in [-0.15, -0.1) is 23.4 Å². The van der Waals surface area contributed by atoms with Gasteiger partial charge in [0.05, 0.1) is 12.0 Å². The van der Waals surface area contributed by atoms with Gasteiger partial charge in [0.2, 0.25) is 0 Å². The van der Waals surface area contributed by atoms with Gasteiger partial charge in [0.15, 0.2) is 0 Å². The molecule has 19 heavy (non-hydrogen) atoms. The van der Waals surface area contributed by atoms with Gasteiger partial charge in [-0.1, -0.05) is 24.3 Å². The molecule has 0 aromatic heterocycles. The summed E-state index contributed by atoms with van der Waals surface area (Å²) < 4.78 is 5.52. The molecule has 1 atom stereocenters. The molecular formula is C16H15ClOS. The third kappa shape index (κ3) is 2.60. The Hall–Kier alpha value is -1.12. The highest BCUT2D eigenvalue weighted by molar-refractivity contribution is 7.98. The van der Waals surface area contributed by atoms with Crippen LogP contribution in [0.4, 0.5) is 0 Å². The van der Waals surface area contributed by atoms with Crippen molar-refractivity contribution in [3.05, 3.63) is 59.2 Å². The third-order valence-electron chi connectivity index (χ3n) is 3.41. The van der Waals surface area contributed by atoms with Gasteiger partial charge in [0.1, 0.15) is 5.75 Å². The topological polar surface area (TPSA) is 9.23 Å². The fourth-order valence-corrected chi connectivity index (χ4v) is 3.02. The molecule has 0 bridgehead atoms. The van der Waals surface area contributed by atoms with Gasteiger partial charge in [-0.25, -0.2) is 0 Å².